The van der Waals surface area contributed by atoms with Gasteiger partial charge in [-0.3, -0.25) is 9.78 Å². The van der Waals surface area contributed by atoms with Crippen molar-refractivity contribution in [2.75, 3.05) is 12.4 Å². The Labute approximate surface area is 157 Å². The Hall–Kier alpha value is -4.14. The molecule has 4 aromatic rings. The zero-order valence-electron chi connectivity index (χ0n) is 14.6. The highest BCUT2D eigenvalue weighted by Gasteiger charge is 2.12. The molecule has 3 N–H and O–H groups in total. The van der Waals surface area contributed by atoms with Gasteiger partial charge in [0.15, 0.2) is 5.58 Å². The molecule has 0 bridgehead atoms. The van der Waals surface area contributed by atoms with Crippen LogP contribution in [-0.2, 0) is 0 Å². The van der Waals surface area contributed by atoms with Crippen molar-refractivity contribution in [1.82, 2.24) is 15.0 Å². The van der Waals surface area contributed by atoms with Gasteiger partial charge in [-0.1, -0.05) is 0 Å². The number of hydrogen-bond donors (Lipinski definition) is 3. The minimum Gasteiger partial charge on any atom is -0.497 e. The van der Waals surface area contributed by atoms with Crippen LogP contribution < -0.4 is 21.5 Å². The summed E-state index contributed by atoms with van der Waals surface area (Å²) < 4.78 is 10.0. The molecule has 0 saturated heterocycles. The Kier molecular flexibility index (Phi) is 4.24. The van der Waals surface area contributed by atoms with Gasteiger partial charge in [0, 0.05) is 11.3 Å². The van der Waals surface area contributed by atoms with E-state index in [0.29, 0.717) is 33.8 Å². The molecule has 0 unspecified atom stereocenters. The number of methoxy groups -OCH3 is 1. The first-order valence-corrected chi connectivity index (χ1v) is 8.22. The molecule has 0 atom stereocenters. The van der Waals surface area contributed by atoms with E-state index in [0.717, 1.165) is 0 Å². The third-order valence-corrected chi connectivity index (χ3v) is 4.05. The lowest BCUT2D eigenvalue weighted by atomic mass is 10.1. The monoisotopic (exact) mass is 378 g/mol. The third-order valence-electron chi connectivity index (χ3n) is 4.05. The lowest BCUT2D eigenvalue weighted by Crippen LogP contribution is -2.21. The van der Waals surface area contributed by atoms with E-state index in [1.54, 1.807) is 49.6 Å². The third kappa shape index (κ3) is 3.40. The van der Waals surface area contributed by atoms with Crippen molar-refractivity contribution in [2.45, 2.75) is 0 Å². The normalized spacial score (nSPS) is 10.8. The molecule has 9 heteroatoms. The summed E-state index contributed by atoms with van der Waals surface area (Å²) in [6.07, 6.45) is 0. The molecule has 28 heavy (non-hydrogen) atoms. The maximum Gasteiger partial charge on any atom is 0.417 e. The van der Waals surface area contributed by atoms with Gasteiger partial charge in [-0.25, -0.2) is 9.59 Å². The van der Waals surface area contributed by atoms with Crippen molar-refractivity contribution in [3.05, 3.63) is 75.3 Å². The number of benzene rings is 2. The molecule has 140 valence electrons. The van der Waals surface area contributed by atoms with Gasteiger partial charge >= 0.3 is 11.4 Å². The highest BCUT2D eigenvalue weighted by atomic mass is 16.5. The number of amides is 1. The molecule has 4 rings (SSSR count). The number of rotatable bonds is 4. The number of nitrogens with one attached hydrogen (secondary N) is 3. The summed E-state index contributed by atoms with van der Waals surface area (Å²) in [6, 6.07) is 13.1. The van der Waals surface area contributed by atoms with E-state index >= 15 is 0 Å². The fraction of sp³-hybridized carbons (Fsp3) is 0.0526. The van der Waals surface area contributed by atoms with Crippen molar-refractivity contribution < 1.29 is 13.9 Å². The van der Waals surface area contributed by atoms with Crippen molar-refractivity contribution in [3.8, 4) is 17.0 Å². The standard InChI is InChI=1S/C19H14N4O5/c1-27-12-5-2-10(3-6-12)13-9-15(22-18(25)21-13)17(24)20-11-4-7-16-14(8-11)23-19(26)28-16/h2-9H,1H3,(H,20,24)(H,23,26)(H,21,22,25). The second-order valence-corrected chi connectivity index (χ2v) is 5.89. The Morgan fingerprint density at radius 1 is 1.07 bits per heavy atom. The zero-order chi connectivity index (χ0) is 19.7. The SMILES string of the molecule is COc1ccc(-c2cc(C(=O)Nc3ccc4oc(=O)[nH]c4c3)[nH]c(=O)n2)cc1. The number of aromatic nitrogens is 3. The summed E-state index contributed by atoms with van der Waals surface area (Å²) in [7, 11) is 1.55. The van der Waals surface area contributed by atoms with Crippen LogP contribution in [0.2, 0.25) is 0 Å². The molecule has 2 aromatic heterocycles. The highest BCUT2D eigenvalue weighted by molar-refractivity contribution is 6.04. The van der Waals surface area contributed by atoms with Crippen LogP contribution in [0.1, 0.15) is 10.5 Å². The molecule has 1 amide bonds. The molecule has 2 heterocycles. The number of carbonyl (C=O) groups is 1. The lowest BCUT2D eigenvalue weighted by Gasteiger charge is -2.07. The minimum atomic E-state index is -0.645. The largest absolute Gasteiger partial charge is 0.497 e. The van der Waals surface area contributed by atoms with Crippen LogP contribution in [0.5, 0.6) is 5.75 Å². The first-order chi connectivity index (χ1) is 13.5. The molecule has 0 aliphatic carbocycles. The average molecular weight is 378 g/mol. The van der Waals surface area contributed by atoms with Crippen LogP contribution in [0.3, 0.4) is 0 Å². The maximum atomic E-state index is 12.6. The molecule has 2 aromatic carbocycles. The molecule has 0 aliphatic rings. The molecular formula is C19H14N4O5. The van der Waals surface area contributed by atoms with Crippen LogP contribution in [-0.4, -0.2) is 28.0 Å². The number of nitrogens with zero attached hydrogens (tertiary/aromatic N) is 1. The first-order valence-electron chi connectivity index (χ1n) is 8.22. The van der Waals surface area contributed by atoms with Gasteiger partial charge < -0.3 is 19.5 Å². The molecule has 0 radical (unpaired) electrons. The summed E-state index contributed by atoms with van der Waals surface area (Å²) >= 11 is 0. The Balaban J connectivity index is 1.63. The van der Waals surface area contributed by atoms with Crippen LogP contribution in [0.25, 0.3) is 22.4 Å². The second kappa shape index (κ2) is 6.88. The van der Waals surface area contributed by atoms with Crippen molar-refractivity contribution in [1.29, 1.82) is 0 Å². The Morgan fingerprint density at radius 3 is 2.61 bits per heavy atom. The van der Waals surface area contributed by atoms with E-state index in [1.165, 1.54) is 6.07 Å². The van der Waals surface area contributed by atoms with Gasteiger partial charge in [0.25, 0.3) is 5.91 Å². The molecule has 0 spiro atoms. The van der Waals surface area contributed by atoms with E-state index in [2.05, 4.69) is 20.3 Å². The lowest BCUT2D eigenvalue weighted by molar-refractivity contribution is 0.102. The van der Waals surface area contributed by atoms with Crippen LogP contribution in [0.15, 0.2) is 62.5 Å². The quantitative estimate of drug-likeness (QED) is 0.499. The Bertz CT molecular complexity index is 1280. The number of ether oxygens (including phenoxy) is 1. The van der Waals surface area contributed by atoms with E-state index in [-0.39, 0.29) is 5.69 Å². The first kappa shape index (κ1) is 17.3. The number of anilines is 1. The summed E-state index contributed by atoms with van der Waals surface area (Å²) in [4.78, 5) is 44.6. The van der Waals surface area contributed by atoms with E-state index in [1.807, 2.05) is 0 Å². The predicted molar refractivity (Wildman–Crippen MR) is 102 cm³/mol. The topological polar surface area (TPSA) is 130 Å². The number of H-pyrrole nitrogens is 2. The number of aromatic amines is 2. The molecule has 9 nitrogen and oxygen atoms in total. The van der Waals surface area contributed by atoms with Gasteiger partial charge in [-0.05, 0) is 48.5 Å². The molecule has 0 saturated carbocycles. The number of oxazole rings is 1. The smallest absolute Gasteiger partial charge is 0.417 e. The fourth-order valence-electron chi connectivity index (χ4n) is 2.72. The van der Waals surface area contributed by atoms with Crippen molar-refractivity contribution in [3.63, 3.8) is 0 Å². The van der Waals surface area contributed by atoms with Gasteiger partial charge in [0.05, 0.1) is 18.3 Å². The molecule has 0 fully saturated rings. The summed E-state index contributed by atoms with van der Waals surface area (Å²) in [5.74, 6) is -0.445. The highest BCUT2D eigenvalue weighted by Crippen LogP contribution is 2.21. The average Bonchev–Trinajstić information content (AvgIpc) is 3.07. The number of carbonyl (C=O) groups excluding carboxylic acids is 1. The van der Waals surface area contributed by atoms with E-state index in [9.17, 15) is 14.4 Å². The summed E-state index contributed by atoms with van der Waals surface area (Å²) in [5.41, 5.74) is 1.68. The summed E-state index contributed by atoms with van der Waals surface area (Å²) in [5, 5.41) is 2.66. The van der Waals surface area contributed by atoms with Gasteiger partial charge in [0.2, 0.25) is 0 Å². The number of hydrogen-bond acceptors (Lipinski definition) is 6. The van der Waals surface area contributed by atoms with Crippen molar-refractivity contribution in [2.24, 2.45) is 0 Å². The van der Waals surface area contributed by atoms with Gasteiger partial charge in [-0.15, -0.1) is 0 Å². The Morgan fingerprint density at radius 2 is 1.86 bits per heavy atom. The second-order valence-electron chi connectivity index (χ2n) is 5.89. The molecular weight excluding hydrogens is 364 g/mol. The van der Waals surface area contributed by atoms with E-state index < -0.39 is 17.4 Å². The fourth-order valence-corrected chi connectivity index (χ4v) is 2.72. The van der Waals surface area contributed by atoms with Gasteiger partial charge in [0.1, 0.15) is 11.4 Å². The predicted octanol–water partition coefficient (Wildman–Crippen LogP) is 2.13. The maximum absolute atomic E-state index is 12.6. The number of fused-ring (bicyclic) bond motifs is 1. The van der Waals surface area contributed by atoms with Gasteiger partial charge in [-0.2, -0.15) is 4.98 Å². The zero-order valence-corrected chi connectivity index (χ0v) is 14.6. The molecule has 0 aliphatic heterocycles. The van der Waals surface area contributed by atoms with Crippen molar-refractivity contribution >= 4 is 22.7 Å². The van der Waals surface area contributed by atoms with Crippen LogP contribution in [0, 0.1) is 0 Å². The van der Waals surface area contributed by atoms with E-state index in [4.69, 9.17) is 9.15 Å². The summed E-state index contributed by atoms with van der Waals surface area (Å²) in [6.45, 7) is 0. The van der Waals surface area contributed by atoms with Crippen LogP contribution in [0.4, 0.5) is 5.69 Å². The van der Waals surface area contributed by atoms with Crippen LogP contribution >= 0.6 is 0 Å². The minimum absolute atomic E-state index is 0.0478.